The molecule has 0 N–H and O–H groups in total. The van der Waals surface area contributed by atoms with E-state index in [1.165, 1.54) is 7.11 Å². The minimum Gasteiger partial charge on any atom is -0.469 e. The van der Waals surface area contributed by atoms with Crippen LogP contribution < -0.4 is 0 Å². The minimum atomic E-state index is -0.520. The minimum absolute atomic E-state index is 0.0722. The number of amides is 1. The predicted octanol–water partition coefficient (Wildman–Crippen LogP) is 3.72. The molecule has 0 radical (unpaired) electrons. The van der Waals surface area contributed by atoms with Gasteiger partial charge in [0.1, 0.15) is 5.60 Å². The van der Waals surface area contributed by atoms with Gasteiger partial charge in [-0.25, -0.2) is 4.79 Å². The Morgan fingerprint density at radius 2 is 1.74 bits per heavy atom. The topological polar surface area (TPSA) is 55.8 Å². The summed E-state index contributed by atoms with van der Waals surface area (Å²) in [6, 6.07) is 7.58. The van der Waals surface area contributed by atoms with Crippen LogP contribution in [0.15, 0.2) is 24.3 Å². The predicted molar refractivity (Wildman–Crippen MR) is 89.2 cm³/mol. The molecular formula is C18H27NO4. The van der Waals surface area contributed by atoms with Crippen molar-refractivity contribution in [2.24, 2.45) is 0 Å². The molecule has 23 heavy (non-hydrogen) atoms. The standard InChI is InChI=1S/C18H27NO4/c1-7-15(19(5)17(21)23-18(2,3)4)14-10-8-13(9-11-14)12-16(20)22-6/h8-11,15H,7,12H2,1-6H3. The Hall–Kier alpha value is -2.04. The molecule has 0 heterocycles. The van der Waals surface area contributed by atoms with E-state index in [-0.39, 0.29) is 24.5 Å². The van der Waals surface area contributed by atoms with Crippen LogP contribution in [0.5, 0.6) is 0 Å². The van der Waals surface area contributed by atoms with Gasteiger partial charge in [-0.3, -0.25) is 4.79 Å². The van der Waals surface area contributed by atoms with Crippen molar-refractivity contribution in [3.8, 4) is 0 Å². The van der Waals surface area contributed by atoms with Gasteiger partial charge in [-0.05, 0) is 38.3 Å². The maximum atomic E-state index is 12.2. The summed E-state index contributed by atoms with van der Waals surface area (Å²) in [6.07, 6.45) is 0.671. The van der Waals surface area contributed by atoms with Crippen LogP contribution in [0, 0.1) is 0 Å². The molecule has 5 heteroatoms. The maximum absolute atomic E-state index is 12.2. The van der Waals surface area contributed by atoms with Crippen LogP contribution >= 0.6 is 0 Å². The second-order valence-electron chi connectivity index (χ2n) is 6.51. The van der Waals surface area contributed by atoms with Crippen molar-refractivity contribution in [3.05, 3.63) is 35.4 Å². The van der Waals surface area contributed by atoms with Crippen LogP contribution in [0.1, 0.15) is 51.3 Å². The van der Waals surface area contributed by atoms with Gasteiger partial charge in [0.15, 0.2) is 0 Å². The Labute approximate surface area is 138 Å². The van der Waals surface area contributed by atoms with Crippen LogP contribution in [-0.4, -0.2) is 36.7 Å². The van der Waals surface area contributed by atoms with Crippen molar-refractivity contribution in [1.29, 1.82) is 0 Å². The number of carbonyl (C=O) groups is 2. The van der Waals surface area contributed by atoms with Gasteiger partial charge >= 0.3 is 12.1 Å². The molecule has 1 atom stereocenters. The van der Waals surface area contributed by atoms with E-state index in [1.54, 1.807) is 11.9 Å². The number of carbonyl (C=O) groups excluding carboxylic acids is 2. The lowest BCUT2D eigenvalue weighted by atomic mass is 10.0. The van der Waals surface area contributed by atoms with E-state index in [0.29, 0.717) is 0 Å². The van der Waals surface area contributed by atoms with Crippen LogP contribution in [0.25, 0.3) is 0 Å². The first-order valence-electron chi connectivity index (χ1n) is 7.79. The van der Waals surface area contributed by atoms with Crippen molar-refractivity contribution in [2.75, 3.05) is 14.2 Å². The van der Waals surface area contributed by atoms with Crippen molar-refractivity contribution < 1.29 is 19.1 Å². The van der Waals surface area contributed by atoms with E-state index in [2.05, 4.69) is 4.74 Å². The number of esters is 1. The normalized spacial score (nSPS) is 12.4. The largest absolute Gasteiger partial charge is 0.469 e. The number of benzene rings is 1. The molecule has 0 aliphatic carbocycles. The highest BCUT2D eigenvalue weighted by atomic mass is 16.6. The van der Waals surface area contributed by atoms with Crippen molar-refractivity contribution in [3.63, 3.8) is 0 Å². The van der Waals surface area contributed by atoms with E-state index >= 15 is 0 Å². The van der Waals surface area contributed by atoms with E-state index in [1.807, 2.05) is 52.0 Å². The number of nitrogens with zero attached hydrogens (tertiary/aromatic N) is 1. The lowest BCUT2D eigenvalue weighted by Gasteiger charge is -2.30. The maximum Gasteiger partial charge on any atom is 0.410 e. The Bertz CT molecular complexity index is 531. The van der Waals surface area contributed by atoms with Crippen molar-refractivity contribution >= 4 is 12.1 Å². The number of rotatable bonds is 5. The van der Waals surface area contributed by atoms with Gasteiger partial charge in [0.2, 0.25) is 0 Å². The average molecular weight is 321 g/mol. The van der Waals surface area contributed by atoms with Crippen LogP contribution in [0.2, 0.25) is 0 Å². The highest BCUT2D eigenvalue weighted by molar-refractivity contribution is 5.72. The quantitative estimate of drug-likeness (QED) is 0.776. The average Bonchev–Trinajstić information content (AvgIpc) is 2.47. The molecule has 1 aromatic rings. The third-order valence-corrected chi connectivity index (χ3v) is 3.48. The second kappa shape index (κ2) is 7.99. The molecular weight excluding hydrogens is 294 g/mol. The molecule has 0 aliphatic heterocycles. The Balaban J connectivity index is 2.84. The Kier molecular flexibility index (Phi) is 6.61. The molecule has 0 spiro atoms. The molecule has 1 aromatic carbocycles. The molecule has 0 saturated carbocycles. The molecule has 128 valence electrons. The molecule has 5 nitrogen and oxygen atoms in total. The Morgan fingerprint density at radius 3 is 2.17 bits per heavy atom. The summed E-state index contributed by atoms with van der Waals surface area (Å²) in [5.41, 5.74) is 1.37. The summed E-state index contributed by atoms with van der Waals surface area (Å²) >= 11 is 0. The van der Waals surface area contributed by atoms with Crippen molar-refractivity contribution in [1.82, 2.24) is 4.90 Å². The monoisotopic (exact) mass is 321 g/mol. The zero-order valence-electron chi connectivity index (χ0n) is 14.9. The summed E-state index contributed by atoms with van der Waals surface area (Å²) in [4.78, 5) is 25.1. The molecule has 0 fully saturated rings. The number of methoxy groups -OCH3 is 1. The van der Waals surface area contributed by atoms with Gasteiger partial charge in [0, 0.05) is 7.05 Å². The molecule has 0 aromatic heterocycles. The van der Waals surface area contributed by atoms with E-state index in [4.69, 9.17) is 4.74 Å². The fraction of sp³-hybridized carbons (Fsp3) is 0.556. The zero-order chi connectivity index (χ0) is 17.6. The third kappa shape index (κ3) is 5.93. The van der Waals surface area contributed by atoms with Gasteiger partial charge in [-0.1, -0.05) is 31.2 Å². The van der Waals surface area contributed by atoms with Gasteiger partial charge < -0.3 is 14.4 Å². The highest BCUT2D eigenvalue weighted by Crippen LogP contribution is 2.25. The molecule has 1 amide bonds. The summed E-state index contributed by atoms with van der Waals surface area (Å²) in [7, 11) is 3.12. The lowest BCUT2D eigenvalue weighted by molar-refractivity contribution is -0.139. The molecule has 1 rings (SSSR count). The van der Waals surface area contributed by atoms with E-state index in [0.717, 1.165) is 17.5 Å². The summed E-state index contributed by atoms with van der Waals surface area (Å²) < 4.78 is 10.1. The zero-order valence-corrected chi connectivity index (χ0v) is 14.9. The molecule has 1 unspecified atom stereocenters. The first-order valence-corrected chi connectivity index (χ1v) is 7.79. The SMILES string of the molecule is CCC(c1ccc(CC(=O)OC)cc1)N(C)C(=O)OC(C)(C)C. The lowest BCUT2D eigenvalue weighted by Crippen LogP contribution is -2.36. The van der Waals surface area contributed by atoms with Crippen molar-refractivity contribution in [2.45, 2.75) is 52.2 Å². The van der Waals surface area contributed by atoms with Gasteiger partial charge in [-0.2, -0.15) is 0 Å². The first-order chi connectivity index (χ1) is 10.7. The van der Waals surface area contributed by atoms with Gasteiger partial charge in [-0.15, -0.1) is 0 Å². The number of hydrogen-bond donors (Lipinski definition) is 0. The first kappa shape index (κ1) is 19.0. The van der Waals surface area contributed by atoms with Crippen LogP contribution in [-0.2, 0) is 20.7 Å². The second-order valence-corrected chi connectivity index (χ2v) is 6.51. The summed E-state index contributed by atoms with van der Waals surface area (Å²) in [5, 5.41) is 0. The van der Waals surface area contributed by atoms with E-state index in [9.17, 15) is 9.59 Å². The third-order valence-electron chi connectivity index (χ3n) is 3.48. The smallest absolute Gasteiger partial charge is 0.410 e. The molecule has 0 bridgehead atoms. The molecule has 0 saturated heterocycles. The fourth-order valence-corrected chi connectivity index (χ4v) is 2.29. The summed E-state index contributed by atoms with van der Waals surface area (Å²) in [6.45, 7) is 7.57. The van der Waals surface area contributed by atoms with Crippen LogP contribution in [0.4, 0.5) is 4.79 Å². The van der Waals surface area contributed by atoms with Gasteiger partial charge in [0.25, 0.3) is 0 Å². The summed E-state index contributed by atoms with van der Waals surface area (Å²) in [5.74, 6) is -0.268. The number of ether oxygens (including phenoxy) is 2. The van der Waals surface area contributed by atoms with E-state index < -0.39 is 5.60 Å². The Morgan fingerprint density at radius 1 is 1.17 bits per heavy atom. The van der Waals surface area contributed by atoms with Gasteiger partial charge in [0.05, 0.1) is 19.6 Å². The molecule has 0 aliphatic rings. The highest BCUT2D eigenvalue weighted by Gasteiger charge is 2.25. The van der Waals surface area contributed by atoms with Crippen LogP contribution in [0.3, 0.4) is 0 Å². The fourth-order valence-electron chi connectivity index (χ4n) is 2.29. The number of hydrogen-bond acceptors (Lipinski definition) is 4.